The summed E-state index contributed by atoms with van der Waals surface area (Å²) < 4.78 is 0. The van der Waals surface area contributed by atoms with Crippen molar-refractivity contribution in [2.75, 3.05) is 11.9 Å². The summed E-state index contributed by atoms with van der Waals surface area (Å²) in [5.74, 6) is 0.565. The van der Waals surface area contributed by atoms with Gasteiger partial charge in [-0.2, -0.15) is 0 Å². The van der Waals surface area contributed by atoms with Crippen molar-refractivity contribution >= 4 is 35.6 Å². The molecule has 0 amide bonds. The zero-order chi connectivity index (χ0) is 18.9. The minimum absolute atomic E-state index is 0. The maximum Gasteiger partial charge on any atom is 0.193 e. The molecule has 2 aromatic carbocycles. The standard InChI is InChI=1S/C22H31N3O.HI/c1-4-17-12-9-13-18(5-2)21(17)25-22(23)24-15-20(14-16(3)26)19-10-7-6-8-11-19;/h6-13,16,20,26H,4-5,14-15H2,1-3H3,(H3,23,24,25);1H. The second-order valence-corrected chi connectivity index (χ2v) is 6.70. The molecule has 0 fully saturated rings. The minimum Gasteiger partial charge on any atom is -0.393 e. The van der Waals surface area contributed by atoms with E-state index in [2.05, 4.69) is 54.5 Å². The number of nitrogens with one attached hydrogen (secondary N) is 1. The third-order valence-electron chi connectivity index (χ3n) is 4.63. The number of aryl methyl sites for hydroxylation is 2. The van der Waals surface area contributed by atoms with Crippen molar-refractivity contribution in [3.63, 3.8) is 0 Å². The molecule has 148 valence electrons. The van der Waals surface area contributed by atoms with Gasteiger partial charge in [-0.25, -0.2) is 0 Å². The molecule has 0 saturated carbocycles. The first kappa shape index (κ1) is 23.4. The topological polar surface area (TPSA) is 70.6 Å². The number of aliphatic hydroxyl groups is 1. The quantitative estimate of drug-likeness (QED) is 0.291. The van der Waals surface area contributed by atoms with Crippen molar-refractivity contribution in [2.45, 2.75) is 52.1 Å². The maximum atomic E-state index is 9.83. The van der Waals surface area contributed by atoms with Gasteiger partial charge in [-0.15, -0.1) is 24.0 Å². The molecule has 0 heterocycles. The van der Waals surface area contributed by atoms with Crippen molar-refractivity contribution < 1.29 is 5.11 Å². The number of benzene rings is 2. The highest BCUT2D eigenvalue weighted by Crippen LogP contribution is 2.24. The van der Waals surface area contributed by atoms with Crippen LogP contribution in [0.3, 0.4) is 0 Å². The molecule has 2 atom stereocenters. The number of rotatable bonds is 8. The average molecular weight is 481 g/mol. The average Bonchev–Trinajstić information content (AvgIpc) is 2.65. The number of hydrogen-bond acceptors (Lipinski definition) is 2. The summed E-state index contributed by atoms with van der Waals surface area (Å²) in [4.78, 5) is 4.57. The third-order valence-corrected chi connectivity index (χ3v) is 4.63. The normalized spacial score (nSPS) is 13.6. The van der Waals surface area contributed by atoms with Gasteiger partial charge in [-0.3, -0.25) is 4.99 Å². The van der Waals surface area contributed by atoms with Crippen molar-refractivity contribution in [1.29, 1.82) is 0 Å². The fraction of sp³-hybridized carbons (Fsp3) is 0.409. The van der Waals surface area contributed by atoms with Crippen LogP contribution < -0.4 is 11.1 Å². The van der Waals surface area contributed by atoms with Crippen LogP contribution in [-0.4, -0.2) is 23.7 Å². The molecule has 2 rings (SSSR count). The molecule has 0 saturated heterocycles. The number of aliphatic hydroxyl groups excluding tert-OH is 1. The summed E-state index contributed by atoms with van der Waals surface area (Å²) in [7, 11) is 0. The lowest BCUT2D eigenvalue weighted by molar-refractivity contribution is 0.175. The molecular formula is C22H32IN3O. The molecule has 0 radical (unpaired) electrons. The zero-order valence-corrected chi connectivity index (χ0v) is 18.8. The lowest BCUT2D eigenvalue weighted by Gasteiger charge is -2.18. The van der Waals surface area contributed by atoms with Crippen molar-refractivity contribution in [3.8, 4) is 0 Å². The summed E-state index contributed by atoms with van der Waals surface area (Å²) in [6.07, 6.45) is 2.17. The smallest absolute Gasteiger partial charge is 0.193 e. The SMILES string of the molecule is CCc1cccc(CC)c1NC(N)=NCC(CC(C)O)c1ccccc1.I. The van der Waals surface area contributed by atoms with Gasteiger partial charge in [0.15, 0.2) is 5.96 Å². The van der Waals surface area contributed by atoms with E-state index in [4.69, 9.17) is 5.73 Å². The van der Waals surface area contributed by atoms with E-state index in [9.17, 15) is 5.11 Å². The molecule has 0 aliphatic carbocycles. The van der Waals surface area contributed by atoms with Crippen LogP contribution in [0.5, 0.6) is 0 Å². The predicted octanol–water partition coefficient (Wildman–Crippen LogP) is 4.71. The predicted molar refractivity (Wildman–Crippen MR) is 126 cm³/mol. The fourth-order valence-electron chi connectivity index (χ4n) is 3.23. The van der Waals surface area contributed by atoms with Gasteiger partial charge in [-0.05, 0) is 42.9 Å². The molecule has 4 N–H and O–H groups in total. The van der Waals surface area contributed by atoms with Crippen LogP contribution in [0, 0.1) is 0 Å². The van der Waals surface area contributed by atoms with Crippen LogP contribution in [0.2, 0.25) is 0 Å². The van der Waals surface area contributed by atoms with Gasteiger partial charge in [0.05, 0.1) is 6.10 Å². The van der Waals surface area contributed by atoms with E-state index in [1.165, 1.54) is 16.7 Å². The molecular weight excluding hydrogens is 449 g/mol. The molecule has 2 unspecified atom stereocenters. The van der Waals surface area contributed by atoms with Crippen LogP contribution in [0.4, 0.5) is 5.69 Å². The lowest BCUT2D eigenvalue weighted by Crippen LogP contribution is -2.25. The molecule has 0 spiro atoms. The first-order chi connectivity index (χ1) is 12.5. The van der Waals surface area contributed by atoms with E-state index in [0.717, 1.165) is 18.5 Å². The number of nitrogens with two attached hydrogens (primary N) is 1. The second-order valence-electron chi connectivity index (χ2n) is 6.70. The Bertz CT molecular complexity index is 695. The molecule has 2 aromatic rings. The van der Waals surface area contributed by atoms with Gasteiger partial charge in [-0.1, -0.05) is 62.4 Å². The molecule has 27 heavy (non-hydrogen) atoms. The highest BCUT2D eigenvalue weighted by molar-refractivity contribution is 14.0. The van der Waals surface area contributed by atoms with Crippen LogP contribution in [0.25, 0.3) is 0 Å². The highest BCUT2D eigenvalue weighted by Gasteiger charge is 2.14. The Kier molecular flexibility index (Phi) is 10.4. The molecule has 0 bridgehead atoms. The number of para-hydroxylation sites is 1. The first-order valence-corrected chi connectivity index (χ1v) is 9.45. The number of hydrogen-bond donors (Lipinski definition) is 3. The lowest BCUT2D eigenvalue weighted by atomic mass is 9.93. The fourth-order valence-corrected chi connectivity index (χ4v) is 3.23. The largest absolute Gasteiger partial charge is 0.393 e. The zero-order valence-electron chi connectivity index (χ0n) is 16.5. The summed E-state index contributed by atoms with van der Waals surface area (Å²) in [6.45, 7) is 6.64. The third kappa shape index (κ3) is 7.14. The Morgan fingerprint density at radius 2 is 1.63 bits per heavy atom. The summed E-state index contributed by atoms with van der Waals surface area (Å²) in [5.41, 5.74) is 10.9. The summed E-state index contributed by atoms with van der Waals surface area (Å²) >= 11 is 0. The number of anilines is 1. The second kappa shape index (κ2) is 12.0. The Hall–Kier alpha value is -1.60. The number of guanidine groups is 1. The number of aliphatic imine (C=N–C) groups is 1. The van der Waals surface area contributed by atoms with E-state index in [-0.39, 0.29) is 36.0 Å². The molecule has 4 nitrogen and oxygen atoms in total. The van der Waals surface area contributed by atoms with E-state index >= 15 is 0 Å². The van der Waals surface area contributed by atoms with Crippen LogP contribution in [0.1, 0.15) is 49.8 Å². The van der Waals surface area contributed by atoms with Gasteiger partial charge in [0, 0.05) is 18.2 Å². The Balaban J connectivity index is 0.00000364. The summed E-state index contributed by atoms with van der Waals surface area (Å²) in [5, 5.41) is 13.1. The monoisotopic (exact) mass is 481 g/mol. The van der Waals surface area contributed by atoms with E-state index in [0.29, 0.717) is 18.9 Å². The van der Waals surface area contributed by atoms with Crippen LogP contribution >= 0.6 is 24.0 Å². The first-order valence-electron chi connectivity index (χ1n) is 9.45. The minimum atomic E-state index is -0.378. The molecule has 0 aliphatic rings. The van der Waals surface area contributed by atoms with Crippen molar-refractivity contribution in [1.82, 2.24) is 0 Å². The molecule has 0 aliphatic heterocycles. The van der Waals surface area contributed by atoms with Gasteiger partial charge < -0.3 is 16.2 Å². The van der Waals surface area contributed by atoms with Gasteiger partial charge in [0.2, 0.25) is 0 Å². The highest BCUT2D eigenvalue weighted by atomic mass is 127. The van der Waals surface area contributed by atoms with Gasteiger partial charge in [0.25, 0.3) is 0 Å². The van der Waals surface area contributed by atoms with E-state index in [1.807, 2.05) is 25.1 Å². The molecule has 5 heteroatoms. The maximum absolute atomic E-state index is 9.83. The number of nitrogens with zero attached hydrogens (tertiary/aromatic N) is 1. The number of halogens is 1. The van der Waals surface area contributed by atoms with E-state index in [1.54, 1.807) is 0 Å². The summed E-state index contributed by atoms with van der Waals surface area (Å²) in [6, 6.07) is 16.5. The Morgan fingerprint density at radius 1 is 1.04 bits per heavy atom. The van der Waals surface area contributed by atoms with Gasteiger partial charge >= 0.3 is 0 Å². The van der Waals surface area contributed by atoms with Crippen molar-refractivity contribution in [2.24, 2.45) is 10.7 Å². The van der Waals surface area contributed by atoms with Crippen LogP contribution in [-0.2, 0) is 12.8 Å². The van der Waals surface area contributed by atoms with Crippen LogP contribution in [0.15, 0.2) is 53.5 Å². The van der Waals surface area contributed by atoms with Gasteiger partial charge in [0.1, 0.15) is 0 Å². The molecule has 0 aromatic heterocycles. The Morgan fingerprint density at radius 3 is 2.15 bits per heavy atom. The van der Waals surface area contributed by atoms with Crippen molar-refractivity contribution in [3.05, 3.63) is 65.2 Å². The van der Waals surface area contributed by atoms with E-state index < -0.39 is 0 Å². The Labute approximate surface area is 180 Å².